The van der Waals surface area contributed by atoms with Crippen LogP contribution in [0.4, 0.5) is 4.39 Å². The molecule has 0 saturated carbocycles. The maximum Gasteiger partial charge on any atom is 0.335 e. The van der Waals surface area contributed by atoms with Gasteiger partial charge in [0.05, 0.1) is 12.2 Å². The molecule has 0 fully saturated rings. The van der Waals surface area contributed by atoms with Crippen molar-refractivity contribution in [1.29, 1.82) is 0 Å². The second-order valence-electron chi connectivity index (χ2n) is 4.30. The highest BCUT2D eigenvalue weighted by molar-refractivity contribution is 5.88. The van der Waals surface area contributed by atoms with Crippen LogP contribution in [0, 0.1) is 11.7 Å². The topological polar surface area (TPSA) is 55.8 Å². The lowest BCUT2D eigenvalue weighted by Gasteiger charge is -2.09. The molecule has 0 bridgehead atoms. The molecule has 18 heavy (non-hydrogen) atoms. The number of benzene rings is 1. The first kappa shape index (κ1) is 14.4. The molecule has 5 heteroatoms. The van der Waals surface area contributed by atoms with Gasteiger partial charge in [0.25, 0.3) is 0 Å². The molecule has 0 amide bonds. The summed E-state index contributed by atoms with van der Waals surface area (Å²) in [4.78, 5) is 10.7. The van der Waals surface area contributed by atoms with Crippen molar-refractivity contribution in [3.63, 3.8) is 0 Å². The van der Waals surface area contributed by atoms with Crippen molar-refractivity contribution in [2.75, 3.05) is 19.8 Å². The van der Waals surface area contributed by atoms with Crippen molar-refractivity contribution < 1.29 is 23.8 Å². The zero-order chi connectivity index (χ0) is 13.5. The summed E-state index contributed by atoms with van der Waals surface area (Å²) in [5.74, 6) is -1.18. The Bertz CT molecular complexity index is 404. The highest BCUT2D eigenvalue weighted by atomic mass is 19.1. The summed E-state index contributed by atoms with van der Waals surface area (Å²) in [5.41, 5.74) is -0.131. The van der Waals surface area contributed by atoms with E-state index in [0.717, 1.165) is 12.1 Å². The Morgan fingerprint density at radius 1 is 1.33 bits per heavy atom. The molecule has 0 unspecified atom stereocenters. The van der Waals surface area contributed by atoms with E-state index in [1.165, 1.54) is 6.07 Å². The van der Waals surface area contributed by atoms with E-state index in [1.54, 1.807) is 0 Å². The van der Waals surface area contributed by atoms with E-state index in [2.05, 4.69) is 0 Å². The number of halogens is 1. The number of carbonyl (C=O) groups is 1. The van der Waals surface area contributed by atoms with Gasteiger partial charge in [0, 0.05) is 12.7 Å². The fourth-order valence-electron chi connectivity index (χ4n) is 1.31. The number of aromatic carboxylic acids is 1. The number of hydrogen-bond donors (Lipinski definition) is 1. The van der Waals surface area contributed by atoms with Crippen LogP contribution in [0.5, 0.6) is 5.75 Å². The van der Waals surface area contributed by atoms with Crippen LogP contribution in [-0.2, 0) is 4.74 Å². The highest BCUT2D eigenvalue weighted by Crippen LogP contribution is 2.16. The van der Waals surface area contributed by atoms with Gasteiger partial charge in [0.1, 0.15) is 18.2 Å². The molecule has 0 aliphatic carbocycles. The summed E-state index contributed by atoms with van der Waals surface area (Å²) in [6.07, 6.45) is 0. The second kappa shape index (κ2) is 6.96. The molecule has 0 aliphatic heterocycles. The Balaban J connectivity index is 2.44. The molecule has 0 spiro atoms. The molecular weight excluding hydrogens is 239 g/mol. The third kappa shape index (κ3) is 5.14. The first-order valence-electron chi connectivity index (χ1n) is 5.73. The number of rotatable bonds is 7. The molecule has 0 saturated heterocycles. The number of carboxylic acid groups (broad SMARTS) is 1. The third-order valence-electron chi connectivity index (χ3n) is 2.07. The summed E-state index contributed by atoms with van der Waals surface area (Å²) in [6, 6.07) is 3.38. The van der Waals surface area contributed by atoms with E-state index in [0.29, 0.717) is 19.1 Å². The molecule has 1 aromatic rings. The van der Waals surface area contributed by atoms with Gasteiger partial charge in [0.2, 0.25) is 0 Å². The Kier molecular flexibility index (Phi) is 5.58. The average Bonchev–Trinajstić information content (AvgIpc) is 2.27. The van der Waals surface area contributed by atoms with E-state index in [9.17, 15) is 9.18 Å². The van der Waals surface area contributed by atoms with Crippen LogP contribution in [0.25, 0.3) is 0 Å². The maximum absolute atomic E-state index is 13.1. The largest absolute Gasteiger partial charge is 0.491 e. The normalized spacial score (nSPS) is 10.7. The van der Waals surface area contributed by atoms with Crippen LogP contribution < -0.4 is 4.74 Å². The van der Waals surface area contributed by atoms with Crippen molar-refractivity contribution in [3.05, 3.63) is 29.6 Å². The Hall–Kier alpha value is -1.62. The van der Waals surface area contributed by atoms with Gasteiger partial charge in [-0.3, -0.25) is 0 Å². The van der Waals surface area contributed by atoms with Crippen LogP contribution >= 0.6 is 0 Å². The number of hydrogen-bond acceptors (Lipinski definition) is 3. The molecule has 0 radical (unpaired) electrons. The molecule has 0 aromatic heterocycles. The smallest absolute Gasteiger partial charge is 0.335 e. The monoisotopic (exact) mass is 256 g/mol. The lowest BCUT2D eigenvalue weighted by Crippen LogP contribution is -2.10. The molecule has 1 rings (SSSR count). The highest BCUT2D eigenvalue weighted by Gasteiger charge is 2.07. The first-order chi connectivity index (χ1) is 8.49. The van der Waals surface area contributed by atoms with E-state index in [4.69, 9.17) is 14.6 Å². The Morgan fingerprint density at radius 3 is 2.67 bits per heavy atom. The summed E-state index contributed by atoms with van der Waals surface area (Å²) in [5, 5.41) is 8.76. The minimum Gasteiger partial charge on any atom is -0.491 e. The van der Waals surface area contributed by atoms with Crippen LogP contribution in [0.3, 0.4) is 0 Å². The Morgan fingerprint density at radius 2 is 2.06 bits per heavy atom. The number of ether oxygens (including phenoxy) is 2. The minimum atomic E-state index is -1.18. The van der Waals surface area contributed by atoms with Crippen LogP contribution in [0.15, 0.2) is 18.2 Å². The summed E-state index contributed by atoms with van der Waals surface area (Å²) in [7, 11) is 0. The molecular formula is C13H17FO4. The van der Waals surface area contributed by atoms with Gasteiger partial charge in [-0.15, -0.1) is 0 Å². The van der Waals surface area contributed by atoms with Gasteiger partial charge >= 0.3 is 5.97 Å². The van der Waals surface area contributed by atoms with Crippen LogP contribution in [0.2, 0.25) is 0 Å². The molecule has 100 valence electrons. The Labute approximate surface area is 105 Å². The molecule has 4 nitrogen and oxygen atoms in total. The van der Waals surface area contributed by atoms with E-state index >= 15 is 0 Å². The van der Waals surface area contributed by atoms with E-state index < -0.39 is 11.8 Å². The minimum absolute atomic E-state index is 0.131. The molecule has 1 aromatic carbocycles. The second-order valence-corrected chi connectivity index (χ2v) is 4.30. The summed E-state index contributed by atoms with van der Waals surface area (Å²) < 4.78 is 23.6. The molecule has 0 atom stereocenters. The summed E-state index contributed by atoms with van der Waals surface area (Å²) in [6.45, 7) is 5.35. The maximum atomic E-state index is 13.1. The summed E-state index contributed by atoms with van der Waals surface area (Å²) >= 11 is 0. The quantitative estimate of drug-likeness (QED) is 0.762. The fourth-order valence-corrected chi connectivity index (χ4v) is 1.31. The van der Waals surface area contributed by atoms with Gasteiger partial charge in [-0.25, -0.2) is 9.18 Å². The van der Waals surface area contributed by atoms with Crippen LogP contribution in [-0.4, -0.2) is 30.9 Å². The fraction of sp³-hybridized carbons (Fsp3) is 0.462. The van der Waals surface area contributed by atoms with Crippen molar-refractivity contribution in [2.45, 2.75) is 13.8 Å². The van der Waals surface area contributed by atoms with Gasteiger partial charge < -0.3 is 14.6 Å². The standard InChI is InChI=1S/C13H17FO4/c1-9(2)8-17-3-4-18-12-6-10(13(15)16)5-11(14)7-12/h5-7,9H,3-4,8H2,1-2H3,(H,15,16). The predicted molar refractivity (Wildman–Crippen MR) is 64.5 cm³/mol. The molecule has 0 heterocycles. The van der Waals surface area contributed by atoms with Gasteiger partial charge in [-0.05, 0) is 18.1 Å². The molecule has 0 aliphatic rings. The zero-order valence-corrected chi connectivity index (χ0v) is 10.5. The van der Waals surface area contributed by atoms with Gasteiger partial charge in [-0.2, -0.15) is 0 Å². The van der Waals surface area contributed by atoms with Crippen molar-refractivity contribution in [1.82, 2.24) is 0 Å². The van der Waals surface area contributed by atoms with Crippen LogP contribution in [0.1, 0.15) is 24.2 Å². The lowest BCUT2D eigenvalue weighted by molar-refractivity contribution is 0.0694. The van der Waals surface area contributed by atoms with Crippen molar-refractivity contribution >= 4 is 5.97 Å². The SMILES string of the molecule is CC(C)COCCOc1cc(F)cc(C(=O)O)c1. The van der Waals surface area contributed by atoms with E-state index in [-0.39, 0.29) is 17.9 Å². The zero-order valence-electron chi connectivity index (χ0n) is 10.5. The number of carboxylic acids is 1. The first-order valence-corrected chi connectivity index (χ1v) is 5.73. The van der Waals surface area contributed by atoms with Gasteiger partial charge in [0.15, 0.2) is 0 Å². The third-order valence-corrected chi connectivity index (χ3v) is 2.07. The van der Waals surface area contributed by atoms with Crippen molar-refractivity contribution in [2.24, 2.45) is 5.92 Å². The average molecular weight is 256 g/mol. The van der Waals surface area contributed by atoms with Crippen molar-refractivity contribution in [3.8, 4) is 5.75 Å². The van der Waals surface area contributed by atoms with Gasteiger partial charge in [-0.1, -0.05) is 13.8 Å². The molecule has 1 N–H and O–H groups in total. The van der Waals surface area contributed by atoms with E-state index in [1.807, 2.05) is 13.8 Å². The lowest BCUT2D eigenvalue weighted by atomic mass is 10.2. The predicted octanol–water partition coefficient (Wildman–Crippen LogP) is 2.58.